The number of aromatic amines is 1. The van der Waals surface area contributed by atoms with Crippen LogP contribution in [0.15, 0.2) is 9.82 Å². The van der Waals surface area contributed by atoms with Gasteiger partial charge >= 0.3 is 5.69 Å². The lowest BCUT2D eigenvalue weighted by molar-refractivity contribution is -0.127. The van der Waals surface area contributed by atoms with Gasteiger partial charge in [0.2, 0.25) is 5.91 Å². The van der Waals surface area contributed by atoms with Crippen molar-refractivity contribution in [3.8, 4) is 0 Å². The number of carbonyl (C=O) groups is 1. The molecule has 1 aromatic heterocycles. The van der Waals surface area contributed by atoms with E-state index < -0.39 is 0 Å². The highest BCUT2D eigenvalue weighted by atomic mass is 32.2. The molecule has 0 atom stereocenters. The smallest absolute Gasteiger partial charge is 0.342 e. The highest BCUT2D eigenvalue weighted by Crippen LogP contribution is 2.27. The standard InChI is InChI=1S/C14H19N3O2S/c18-12(17-7-3-4-8-17)9-20-13-10-5-1-2-6-11(10)15-14(19)16-13/h1-9H2,(H,15,16,19). The molecule has 0 saturated carbocycles. The Hall–Kier alpha value is -1.30. The summed E-state index contributed by atoms with van der Waals surface area (Å²) in [5.74, 6) is 0.558. The van der Waals surface area contributed by atoms with Crippen molar-refractivity contribution in [3.05, 3.63) is 21.7 Å². The third kappa shape index (κ3) is 2.90. The predicted octanol–water partition coefficient (Wildman–Crippen LogP) is 1.36. The predicted molar refractivity (Wildman–Crippen MR) is 78.0 cm³/mol. The van der Waals surface area contributed by atoms with Crippen LogP contribution in [0.5, 0.6) is 0 Å². The number of fused-ring (bicyclic) bond motifs is 1. The van der Waals surface area contributed by atoms with E-state index in [1.54, 1.807) is 0 Å². The fourth-order valence-corrected chi connectivity index (χ4v) is 3.89. The first-order chi connectivity index (χ1) is 9.74. The van der Waals surface area contributed by atoms with Gasteiger partial charge in [0.25, 0.3) is 0 Å². The summed E-state index contributed by atoms with van der Waals surface area (Å²) in [6, 6.07) is 0. The number of amides is 1. The Labute approximate surface area is 122 Å². The van der Waals surface area contributed by atoms with Gasteiger partial charge < -0.3 is 9.88 Å². The van der Waals surface area contributed by atoms with Gasteiger partial charge in [0.05, 0.1) is 5.75 Å². The number of hydrogen-bond donors (Lipinski definition) is 1. The molecule has 0 spiro atoms. The van der Waals surface area contributed by atoms with Crippen LogP contribution in [0, 0.1) is 0 Å². The summed E-state index contributed by atoms with van der Waals surface area (Å²) in [6.07, 6.45) is 6.34. The van der Waals surface area contributed by atoms with Crippen molar-refractivity contribution < 1.29 is 4.79 Å². The Kier molecular flexibility index (Phi) is 4.10. The molecule has 2 heterocycles. The summed E-state index contributed by atoms with van der Waals surface area (Å²) < 4.78 is 0. The van der Waals surface area contributed by atoms with Gasteiger partial charge in [0.15, 0.2) is 0 Å². The molecule has 0 aromatic carbocycles. The third-order valence-electron chi connectivity index (χ3n) is 3.98. The van der Waals surface area contributed by atoms with Gasteiger partial charge in [-0.3, -0.25) is 4.79 Å². The van der Waals surface area contributed by atoms with E-state index in [0.717, 1.165) is 67.9 Å². The van der Waals surface area contributed by atoms with Gasteiger partial charge in [0, 0.05) is 24.3 Å². The second kappa shape index (κ2) is 5.99. The summed E-state index contributed by atoms with van der Waals surface area (Å²) in [7, 11) is 0. The minimum absolute atomic E-state index is 0.166. The first-order valence-corrected chi connectivity index (χ1v) is 8.25. The summed E-state index contributed by atoms with van der Waals surface area (Å²) in [6.45, 7) is 1.75. The maximum absolute atomic E-state index is 12.1. The molecule has 1 saturated heterocycles. The SMILES string of the molecule is O=C(CSc1nc(=O)[nH]c2c1CCCC2)N1CCCC1. The van der Waals surface area contributed by atoms with Crippen LogP contribution in [0.3, 0.4) is 0 Å². The monoisotopic (exact) mass is 293 g/mol. The summed E-state index contributed by atoms with van der Waals surface area (Å²) >= 11 is 1.42. The van der Waals surface area contributed by atoms with Gasteiger partial charge in [-0.25, -0.2) is 4.79 Å². The van der Waals surface area contributed by atoms with Gasteiger partial charge in [-0.2, -0.15) is 4.98 Å². The number of nitrogens with zero attached hydrogens (tertiary/aromatic N) is 2. The van der Waals surface area contributed by atoms with Gasteiger partial charge in [-0.15, -0.1) is 0 Å². The number of thioether (sulfide) groups is 1. The number of hydrogen-bond acceptors (Lipinski definition) is 4. The zero-order valence-electron chi connectivity index (χ0n) is 11.5. The number of likely N-dealkylation sites (tertiary alicyclic amines) is 1. The van der Waals surface area contributed by atoms with Crippen molar-refractivity contribution >= 4 is 17.7 Å². The molecule has 1 fully saturated rings. The molecule has 1 amide bonds. The Morgan fingerprint density at radius 1 is 1.20 bits per heavy atom. The molecule has 0 bridgehead atoms. The van der Waals surface area contributed by atoms with Crippen molar-refractivity contribution in [1.29, 1.82) is 0 Å². The zero-order chi connectivity index (χ0) is 13.9. The molecule has 0 unspecified atom stereocenters. The fourth-order valence-electron chi connectivity index (χ4n) is 2.90. The maximum Gasteiger partial charge on any atom is 0.346 e. The second-order valence-corrected chi connectivity index (χ2v) is 6.35. The fraction of sp³-hybridized carbons (Fsp3) is 0.643. The highest BCUT2D eigenvalue weighted by Gasteiger charge is 2.20. The average molecular weight is 293 g/mol. The van der Waals surface area contributed by atoms with Crippen molar-refractivity contribution in [3.63, 3.8) is 0 Å². The number of carbonyl (C=O) groups excluding carboxylic acids is 1. The Morgan fingerprint density at radius 3 is 2.75 bits per heavy atom. The van der Waals surface area contributed by atoms with E-state index in [-0.39, 0.29) is 11.6 Å². The molecule has 108 valence electrons. The third-order valence-corrected chi connectivity index (χ3v) is 4.98. The largest absolute Gasteiger partial charge is 0.346 e. The minimum Gasteiger partial charge on any atom is -0.342 e. The molecule has 5 nitrogen and oxygen atoms in total. The molecule has 6 heteroatoms. The number of aryl methyl sites for hydroxylation is 1. The van der Waals surface area contributed by atoms with Crippen LogP contribution >= 0.6 is 11.8 Å². The van der Waals surface area contributed by atoms with Crippen LogP contribution in [0.25, 0.3) is 0 Å². The summed E-state index contributed by atoms with van der Waals surface area (Å²) in [5.41, 5.74) is 1.88. The van der Waals surface area contributed by atoms with E-state index in [4.69, 9.17) is 0 Å². The molecular formula is C14H19N3O2S. The Morgan fingerprint density at radius 2 is 1.95 bits per heavy atom. The minimum atomic E-state index is -0.290. The van der Waals surface area contributed by atoms with Crippen molar-refractivity contribution in [2.45, 2.75) is 43.6 Å². The highest BCUT2D eigenvalue weighted by molar-refractivity contribution is 7.99. The first kappa shape index (κ1) is 13.7. The van der Waals surface area contributed by atoms with E-state index >= 15 is 0 Å². The van der Waals surface area contributed by atoms with E-state index in [1.165, 1.54) is 11.8 Å². The van der Waals surface area contributed by atoms with Crippen molar-refractivity contribution in [2.24, 2.45) is 0 Å². The number of rotatable bonds is 3. The average Bonchev–Trinajstić information content (AvgIpc) is 2.98. The Bertz CT molecular complexity index is 564. The number of nitrogens with one attached hydrogen (secondary N) is 1. The van der Waals surface area contributed by atoms with Crippen LogP contribution < -0.4 is 5.69 Å². The topological polar surface area (TPSA) is 66.1 Å². The molecule has 2 aliphatic rings. The van der Waals surface area contributed by atoms with E-state index in [2.05, 4.69) is 9.97 Å². The number of aromatic nitrogens is 2. The van der Waals surface area contributed by atoms with Crippen molar-refractivity contribution in [1.82, 2.24) is 14.9 Å². The van der Waals surface area contributed by atoms with Gasteiger partial charge in [-0.1, -0.05) is 11.8 Å². The van der Waals surface area contributed by atoms with Crippen molar-refractivity contribution in [2.75, 3.05) is 18.8 Å². The molecular weight excluding hydrogens is 274 g/mol. The van der Waals surface area contributed by atoms with Crippen LogP contribution in [0.2, 0.25) is 0 Å². The molecule has 1 aromatic rings. The van der Waals surface area contributed by atoms with Gasteiger partial charge in [-0.05, 0) is 38.5 Å². The molecule has 0 radical (unpaired) electrons. The van der Waals surface area contributed by atoms with E-state index in [0.29, 0.717) is 5.75 Å². The van der Waals surface area contributed by atoms with Crippen LogP contribution in [0.1, 0.15) is 36.9 Å². The molecule has 1 aliphatic heterocycles. The molecule has 1 N–H and O–H groups in total. The van der Waals surface area contributed by atoms with Crippen LogP contribution in [0.4, 0.5) is 0 Å². The second-order valence-electron chi connectivity index (χ2n) is 5.39. The quantitative estimate of drug-likeness (QED) is 0.675. The molecule has 20 heavy (non-hydrogen) atoms. The first-order valence-electron chi connectivity index (χ1n) is 7.26. The van der Waals surface area contributed by atoms with Gasteiger partial charge in [0.1, 0.15) is 5.03 Å². The van der Waals surface area contributed by atoms with E-state index in [1.807, 2.05) is 4.90 Å². The summed E-state index contributed by atoms with van der Waals surface area (Å²) in [5, 5.41) is 0.760. The summed E-state index contributed by atoms with van der Waals surface area (Å²) in [4.78, 5) is 32.5. The number of H-pyrrole nitrogens is 1. The lowest BCUT2D eigenvalue weighted by atomic mass is 9.98. The van der Waals surface area contributed by atoms with Crippen LogP contribution in [-0.2, 0) is 17.6 Å². The van der Waals surface area contributed by atoms with E-state index in [9.17, 15) is 9.59 Å². The van der Waals surface area contributed by atoms with Crippen LogP contribution in [-0.4, -0.2) is 39.6 Å². The Balaban J connectivity index is 1.72. The maximum atomic E-state index is 12.1. The normalized spacial score (nSPS) is 18.1. The molecule has 3 rings (SSSR count). The molecule has 1 aliphatic carbocycles. The lowest BCUT2D eigenvalue weighted by Crippen LogP contribution is -2.29. The lowest BCUT2D eigenvalue weighted by Gasteiger charge is -2.18. The zero-order valence-corrected chi connectivity index (χ0v) is 12.3.